The molecule has 1 unspecified atom stereocenters. The molecule has 2 amide bonds. The number of rotatable bonds is 5. The van der Waals surface area contributed by atoms with E-state index >= 15 is 0 Å². The van der Waals surface area contributed by atoms with Crippen LogP contribution in [-0.2, 0) is 9.53 Å². The first-order valence-corrected chi connectivity index (χ1v) is 10.6. The molecule has 0 aromatic heterocycles. The molecule has 0 radical (unpaired) electrons. The maximum absolute atomic E-state index is 12.8. The lowest BCUT2D eigenvalue weighted by atomic mass is 9.81. The van der Waals surface area contributed by atoms with Gasteiger partial charge in [0.15, 0.2) is 0 Å². The van der Waals surface area contributed by atoms with Crippen LogP contribution in [0.5, 0.6) is 0 Å². The van der Waals surface area contributed by atoms with Gasteiger partial charge >= 0.3 is 6.09 Å². The van der Waals surface area contributed by atoms with E-state index in [4.69, 9.17) is 4.74 Å². The van der Waals surface area contributed by atoms with Gasteiger partial charge in [-0.1, -0.05) is 18.9 Å². The van der Waals surface area contributed by atoms with E-state index in [0.717, 1.165) is 64.6 Å². The molecule has 27 heavy (non-hydrogen) atoms. The van der Waals surface area contributed by atoms with Crippen LogP contribution in [0.3, 0.4) is 0 Å². The lowest BCUT2D eigenvalue weighted by Crippen LogP contribution is -2.43. The molecule has 2 saturated carbocycles. The lowest BCUT2D eigenvalue weighted by molar-refractivity contribution is -0.130. The van der Waals surface area contributed by atoms with E-state index in [2.05, 4.69) is 11.9 Å². The van der Waals surface area contributed by atoms with Crippen molar-refractivity contribution < 1.29 is 14.3 Å². The van der Waals surface area contributed by atoms with Gasteiger partial charge in [-0.3, -0.25) is 4.79 Å². The largest absolute Gasteiger partial charge is 0.444 e. The fraction of sp³-hybridized carbons (Fsp3) is 0.818. The van der Waals surface area contributed by atoms with Crippen LogP contribution in [-0.4, -0.2) is 42.1 Å². The van der Waals surface area contributed by atoms with Crippen LogP contribution >= 0.6 is 0 Å². The van der Waals surface area contributed by atoms with Gasteiger partial charge in [0.1, 0.15) is 5.60 Å². The van der Waals surface area contributed by atoms with Crippen molar-refractivity contribution in [3.05, 3.63) is 12.7 Å². The van der Waals surface area contributed by atoms with Gasteiger partial charge in [-0.25, -0.2) is 4.79 Å². The quantitative estimate of drug-likeness (QED) is 0.729. The normalized spacial score (nSPS) is 25.9. The minimum Gasteiger partial charge on any atom is -0.444 e. The molecule has 1 spiro atoms. The van der Waals surface area contributed by atoms with E-state index in [1.807, 2.05) is 31.7 Å². The van der Waals surface area contributed by atoms with Crippen LogP contribution in [0.1, 0.15) is 72.1 Å². The molecule has 0 bridgehead atoms. The second kappa shape index (κ2) is 7.48. The zero-order valence-electron chi connectivity index (χ0n) is 17.3. The molecule has 5 heteroatoms. The molecular formula is C22H36N2O3. The molecule has 2 aliphatic carbocycles. The summed E-state index contributed by atoms with van der Waals surface area (Å²) in [6, 6.07) is 0. The number of ether oxygens (including phenoxy) is 1. The number of nitrogens with one attached hydrogen (secondary N) is 1. The van der Waals surface area contributed by atoms with Crippen LogP contribution in [0.15, 0.2) is 12.7 Å². The molecule has 0 aromatic carbocycles. The SMILES string of the molecule is C=CCC1(C(=O)NCC2CC23CCN(C(=O)OC(C)(C)C)CC3)CCCC1. The van der Waals surface area contributed by atoms with Crippen LogP contribution in [0, 0.1) is 16.7 Å². The molecule has 3 rings (SSSR count). The summed E-state index contributed by atoms with van der Waals surface area (Å²) in [6.07, 6.45) is 9.98. The number of hydrogen-bond acceptors (Lipinski definition) is 3. The Morgan fingerprint density at radius 2 is 1.81 bits per heavy atom. The van der Waals surface area contributed by atoms with Gasteiger partial charge in [0, 0.05) is 19.6 Å². The van der Waals surface area contributed by atoms with Gasteiger partial charge in [-0.15, -0.1) is 6.58 Å². The van der Waals surface area contributed by atoms with Gasteiger partial charge in [0.25, 0.3) is 0 Å². The zero-order chi connectivity index (χ0) is 19.7. The fourth-order valence-corrected chi connectivity index (χ4v) is 5.05. The molecule has 3 fully saturated rings. The Hall–Kier alpha value is -1.52. The maximum Gasteiger partial charge on any atom is 0.410 e. The van der Waals surface area contributed by atoms with Crippen molar-refractivity contribution in [2.45, 2.75) is 77.7 Å². The number of amides is 2. The first-order chi connectivity index (χ1) is 12.7. The van der Waals surface area contributed by atoms with Crippen molar-refractivity contribution in [2.24, 2.45) is 16.7 Å². The smallest absolute Gasteiger partial charge is 0.410 e. The van der Waals surface area contributed by atoms with E-state index in [9.17, 15) is 9.59 Å². The third-order valence-corrected chi connectivity index (χ3v) is 6.86. The summed E-state index contributed by atoms with van der Waals surface area (Å²) >= 11 is 0. The number of hydrogen-bond donors (Lipinski definition) is 1. The van der Waals surface area contributed by atoms with E-state index in [1.54, 1.807) is 0 Å². The molecule has 1 heterocycles. The van der Waals surface area contributed by atoms with Crippen molar-refractivity contribution in [2.75, 3.05) is 19.6 Å². The molecule has 1 aliphatic heterocycles. The summed E-state index contributed by atoms with van der Waals surface area (Å²) in [5.41, 5.74) is -0.322. The molecular weight excluding hydrogens is 340 g/mol. The average molecular weight is 377 g/mol. The highest BCUT2D eigenvalue weighted by Gasteiger charge is 2.55. The molecule has 1 saturated heterocycles. The number of piperidine rings is 1. The Bertz CT molecular complexity index is 579. The number of carbonyl (C=O) groups is 2. The zero-order valence-corrected chi connectivity index (χ0v) is 17.3. The molecule has 1 N–H and O–H groups in total. The molecule has 3 aliphatic rings. The second-order valence-corrected chi connectivity index (χ2v) is 9.92. The molecule has 1 atom stereocenters. The fourth-order valence-electron chi connectivity index (χ4n) is 5.05. The Morgan fingerprint density at radius 1 is 1.19 bits per heavy atom. The summed E-state index contributed by atoms with van der Waals surface area (Å²) in [6.45, 7) is 11.9. The summed E-state index contributed by atoms with van der Waals surface area (Å²) in [7, 11) is 0. The highest BCUT2D eigenvalue weighted by Crippen LogP contribution is 2.59. The number of likely N-dealkylation sites (tertiary alicyclic amines) is 1. The van der Waals surface area contributed by atoms with Crippen molar-refractivity contribution in [3.8, 4) is 0 Å². The minimum absolute atomic E-state index is 0.199. The van der Waals surface area contributed by atoms with Crippen LogP contribution in [0.25, 0.3) is 0 Å². The topological polar surface area (TPSA) is 58.6 Å². The average Bonchev–Trinajstić information content (AvgIpc) is 3.02. The van der Waals surface area contributed by atoms with Gasteiger partial charge in [0.2, 0.25) is 5.91 Å². The van der Waals surface area contributed by atoms with Crippen LogP contribution in [0.2, 0.25) is 0 Å². The third kappa shape index (κ3) is 4.49. The van der Waals surface area contributed by atoms with Gasteiger partial charge in [-0.05, 0) is 70.6 Å². The van der Waals surface area contributed by atoms with E-state index in [-0.39, 0.29) is 17.4 Å². The summed E-state index contributed by atoms with van der Waals surface area (Å²) in [4.78, 5) is 26.9. The maximum atomic E-state index is 12.8. The Morgan fingerprint density at radius 3 is 2.37 bits per heavy atom. The third-order valence-electron chi connectivity index (χ3n) is 6.86. The second-order valence-electron chi connectivity index (χ2n) is 9.92. The Kier molecular flexibility index (Phi) is 5.60. The lowest BCUT2D eigenvalue weighted by Gasteiger charge is -2.34. The highest BCUT2D eigenvalue weighted by atomic mass is 16.6. The molecule has 5 nitrogen and oxygen atoms in total. The predicted octanol–water partition coefficient (Wildman–Crippen LogP) is 4.28. The first-order valence-electron chi connectivity index (χ1n) is 10.6. The molecule has 152 valence electrons. The standard InChI is InChI=1S/C22H36N2O3/c1-5-8-21(9-6-7-10-21)18(25)23-16-17-15-22(17)11-13-24(14-12-22)19(26)27-20(2,3)4/h5,17H,1,6-16H2,2-4H3,(H,23,25). The van der Waals surface area contributed by atoms with Gasteiger partial charge < -0.3 is 15.0 Å². The summed E-state index contributed by atoms with van der Waals surface area (Å²) in [5.74, 6) is 0.789. The summed E-state index contributed by atoms with van der Waals surface area (Å²) in [5, 5.41) is 3.26. The van der Waals surface area contributed by atoms with E-state index in [0.29, 0.717) is 11.3 Å². The summed E-state index contributed by atoms with van der Waals surface area (Å²) < 4.78 is 5.48. The Labute approximate surface area is 163 Å². The highest BCUT2D eigenvalue weighted by molar-refractivity contribution is 5.83. The number of nitrogens with zero attached hydrogens (tertiary/aromatic N) is 1. The number of carbonyl (C=O) groups excluding carboxylic acids is 2. The van der Waals surface area contributed by atoms with E-state index in [1.165, 1.54) is 6.42 Å². The van der Waals surface area contributed by atoms with Gasteiger partial charge in [0.05, 0.1) is 5.41 Å². The first kappa shape index (κ1) is 20.2. The minimum atomic E-state index is -0.444. The molecule has 0 aromatic rings. The van der Waals surface area contributed by atoms with E-state index < -0.39 is 5.60 Å². The van der Waals surface area contributed by atoms with Gasteiger partial charge in [-0.2, -0.15) is 0 Å². The van der Waals surface area contributed by atoms with Crippen molar-refractivity contribution in [3.63, 3.8) is 0 Å². The predicted molar refractivity (Wildman–Crippen MR) is 106 cm³/mol. The van der Waals surface area contributed by atoms with Crippen molar-refractivity contribution >= 4 is 12.0 Å². The van der Waals surface area contributed by atoms with Crippen LogP contribution in [0.4, 0.5) is 4.79 Å². The van der Waals surface area contributed by atoms with Crippen molar-refractivity contribution in [1.29, 1.82) is 0 Å². The monoisotopic (exact) mass is 376 g/mol. The van der Waals surface area contributed by atoms with Crippen molar-refractivity contribution in [1.82, 2.24) is 10.2 Å². The number of allylic oxidation sites excluding steroid dienone is 1. The van der Waals surface area contributed by atoms with Crippen LogP contribution < -0.4 is 5.32 Å². The Balaban J connectivity index is 1.44.